The normalized spacial score (nSPS) is 9.35. The lowest BCUT2D eigenvalue weighted by atomic mass is 10.0. The lowest BCUT2D eigenvalue weighted by Gasteiger charge is -2.08. The fourth-order valence-corrected chi connectivity index (χ4v) is 1.61. The van der Waals surface area contributed by atoms with Gasteiger partial charge in [0.1, 0.15) is 0 Å². The molecule has 0 aromatic heterocycles. The fraction of sp³-hybridized carbons (Fsp3) is 0.333. The molecule has 20 heavy (non-hydrogen) atoms. The van der Waals surface area contributed by atoms with Crippen LogP contribution in [0.2, 0.25) is 0 Å². The Hall–Kier alpha value is -2.32. The Labute approximate surface area is 118 Å². The summed E-state index contributed by atoms with van der Waals surface area (Å²) in [5, 5.41) is 5.20. The molecule has 0 fully saturated rings. The van der Waals surface area contributed by atoms with Crippen LogP contribution in [0.3, 0.4) is 0 Å². The van der Waals surface area contributed by atoms with Crippen molar-refractivity contribution in [3.63, 3.8) is 0 Å². The molecule has 0 radical (unpaired) electrons. The Morgan fingerprint density at radius 3 is 2.70 bits per heavy atom. The summed E-state index contributed by atoms with van der Waals surface area (Å²) in [4.78, 5) is 23.3. The van der Waals surface area contributed by atoms with Crippen LogP contribution in [0.5, 0.6) is 0 Å². The van der Waals surface area contributed by atoms with Gasteiger partial charge in [0.05, 0.1) is 13.1 Å². The second-order valence-electron chi connectivity index (χ2n) is 4.17. The molecule has 4 N–H and O–H groups in total. The van der Waals surface area contributed by atoms with Crippen molar-refractivity contribution in [2.24, 2.45) is 5.73 Å². The van der Waals surface area contributed by atoms with Gasteiger partial charge < -0.3 is 16.4 Å². The van der Waals surface area contributed by atoms with Crippen LogP contribution in [-0.4, -0.2) is 31.4 Å². The molecule has 0 atom stereocenters. The average Bonchev–Trinajstić information content (AvgIpc) is 2.44. The van der Waals surface area contributed by atoms with Crippen LogP contribution in [0.1, 0.15) is 28.4 Å². The van der Waals surface area contributed by atoms with Crippen molar-refractivity contribution in [1.82, 2.24) is 10.6 Å². The second kappa shape index (κ2) is 7.97. The first-order chi connectivity index (χ1) is 9.58. The van der Waals surface area contributed by atoms with Gasteiger partial charge in [-0.2, -0.15) is 0 Å². The number of rotatable bonds is 4. The highest BCUT2D eigenvalue weighted by Crippen LogP contribution is 2.10. The van der Waals surface area contributed by atoms with E-state index in [4.69, 9.17) is 5.73 Å². The first-order valence-corrected chi connectivity index (χ1v) is 6.43. The Morgan fingerprint density at radius 2 is 2.05 bits per heavy atom. The third kappa shape index (κ3) is 4.75. The van der Waals surface area contributed by atoms with Gasteiger partial charge in [-0.1, -0.05) is 17.9 Å². The minimum absolute atomic E-state index is 0.0369. The van der Waals surface area contributed by atoms with Crippen molar-refractivity contribution in [3.8, 4) is 11.8 Å². The summed E-state index contributed by atoms with van der Waals surface area (Å²) < 4.78 is 0. The first kappa shape index (κ1) is 15.7. The monoisotopic (exact) mass is 273 g/mol. The molecule has 0 bridgehead atoms. The lowest BCUT2D eigenvalue weighted by Crippen LogP contribution is -2.37. The first-order valence-electron chi connectivity index (χ1n) is 6.43. The van der Waals surface area contributed by atoms with E-state index in [2.05, 4.69) is 22.5 Å². The number of hydrogen-bond acceptors (Lipinski definition) is 3. The summed E-state index contributed by atoms with van der Waals surface area (Å²) in [6.07, 6.45) is 0. The van der Waals surface area contributed by atoms with Gasteiger partial charge in [-0.25, -0.2) is 0 Å². The Kier molecular flexibility index (Phi) is 6.27. The number of aryl methyl sites for hydroxylation is 1. The number of benzene rings is 1. The lowest BCUT2D eigenvalue weighted by molar-refractivity contribution is -0.120. The van der Waals surface area contributed by atoms with Crippen molar-refractivity contribution >= 4 is 11.8 Å². The molecule has 0 saturated carbocycles. The quantitative estimate of drug-likeness (QED) is 0.684. The Bertz CT molecular complexity index is 556. The number of carbonyl (C=O) groups excluding carboxylic acids is 2. The molecule has 0 aliphatic rings. The van der Waals surface area contributed by atoms with Crippen LogP contribution >= 0.6 is 0 Å². The fourth-order valence-electron chi connectivity index (χ4n) is 1.61. The third-order valence-electron chi connectivity index (χ3n) is 2.60. The van der Waals surface area contributed by atoms with Crippen molar-refractivity contribution in [3.05, 3.63) is 34.9 Å². The molecular weight excluding hydrogens is 254 g/mol. The predicted molar refractivity (Wildman–Crippen MR) is 78.1 cm³/mol. The maximum Gasteiger partial charge on any atom is 0.252 e. The minimum Gasteiger partial charge on any atom is -0.355 e. The highest BCUT2D eigenvalue weighted by Gasteiger charge is 2.10. The smallest absolute Gasteiger partial charge is 0.252 e. The van der Waals surface area contributed by atoms with Gasteiger partial charge in [0.2, 0.25) is 5.91 Å². The highest BCUT2D eigenvalue weighted by molar-refractivity contribution is 5.98. The molecule has 5 heteroatoms. The maximum atomic E-state index is 12.0. The molecule has 0 aliphatic carbocycles. The Morgan fingerprint density at radius 1 is 1.30 bits per heavy atom. The van der Waals surface area contributed by atoms with Gasteiger partial charge >= 0.3 is 0 Å². The van der Waals surface area contributed by atoms with Gasteiger partial charge in [0.15, 0.2) is 0 Å². The van der Waals surface area contributed by atoms with E-state index in [1.54, 1.807) is 6.07 Å². The van der Waals surface area contributed by atoms with Gasteiger partial charge in [0, 0.05) is 17.7 Å². The summed E-state index contributed by atoms with van der Waals surface area (Å²) in [6, 6.07) is 5.35. The SMILES string of the molecule is CCNC(=O)CNC(=O)c1cc(C#CCN)ccc1C. The number of nitrogens with two attached hydrogens (primary N) is 1. The number of carbonyl (C=O) groups is 2. The summed E-state index contributed by atoms with van der Waals surface area (Å²) in [5.74, 6) is 5.12. The van der Waals surface area contributed by atoms with Crippen molar-refractivity contribution < 1.29 is 9.59 Å². The largest absolute Gasteiger partial charge is 0.355 e. The van der Waals surface area contributed by atoms with Crippen LogP contribution in [0.25, 0.3) is 0 Å². The third-order valence-corrected chi connectivity index (χ3v) is 2.60. The molecule has 0 saturated heterocycles. The number of amides is 2. The van der Waals surface area contributed by atoms with E-state index in [0.717, 1.165) is 11.1 Å². The van der Waals surface area contributed by atoms with Crippen molar-refractivity contribution in [1.29, 1.82) is 0 Å². The van der Waals surface area contributed by atoms with E-state index in [-0.39, 0.29) is 24.9 Å². The van der Waals surface area contributed by atoms with Gasteiger partial charge in [-0.3, -0.25) is 9.59 Å². The molecule has 1 aromatic carbocycles. The molecule has 2 amide bonds. The van der Waals surface area contributed by atoms with Crippen LogP contribution in [0, 0.1) is 18.8 Å². The van der Waals surface area contributed by atoms with Crippen LogP contribution in [0.15, 0.2) is 18.2 Å². The van der Waals surface area contributed by atoms with E-state index in [1.165, 1.54) is 0 Å². The van der Waals surface area contributed by atoms with Crippen molar-refractivity contribution in [2.45, 2.75) is 13.8 Å². The summed E-state index contributed by atoms with van der Waals surface area (Å²) in [6.45, 7) is 4.43. The molecular formula is C15H19N3O2. The summed E-state index contributed by atoms with van der Waals surface area (Å²) >= 11 is 0. The van der Waals surface area contributed by atoms with Gasteiger partial charge in [-0.05, 0) is 31.5 Å². The van der Waals surface area contributed by atoms with Crippen LogP contribution in [0.4, 0.5) is 0 Å². The zero-order chi connectivity index (χ0) is 15.0. The highest BCUT2D eigenvalue weighted by atomic mass is 16.2. The zero-order valence-electron chi connectivity index (χ0n) is 11.7. The molecule has 0 heterocycles. The van der Waals surface area contributed by atoms with Crippen molar-refractivity contribution in [2.75, 3.05) is 19.6 Å². The van der Waals surface area contributed by atoms with E-state index in [1.807, 2.05) is 26.0 Å². The summed E-state index contributed by atoms with van der Waals surface area (Å²) in [7, 11) is 0. The minimum atomic E-state index is -0.287. The van der Waals surface area contributed by atoms with E-state index in [0.29, 0.717) is 12.1 Å². The van der Waals surface area contributed by atoms with Gasteiger partial charge in [-0.15, -0.1) is 0 Å². The maximum absolute atomic E-state index is 12.0. The molecule has 106 valence electrons. The number of hydrogen-bond donors (Lipinski definition) is 3. The standard InChI is InChI=1S/C15H19N3O2/c1-3-17-14(19)10-18-15(20)13-9-12(5-4-8-16)7-6-11(13)2/h6-7,9H,3,8,10,16H2,1-2H3,(H,17,19)(H,18,20). The predicted octanol–water partition coefficient (Wildman–Crippen LogP) is 0.171. The molecule has 1 rings (SSSR count). The number of likely N-dealkylation sites (N-methyl/N-ethyl adjacent to an activating group) is 1. The number of nitrogens with one attached hydrogen (secondary N) is 2. The summed E-state index contributed by atoms with van der Waals surface area (Å²) in [5.41, 5.74) is 7.38. The molecule has 5 nitrogen and oxygen atoms in total. The second-order valence-corrected chi connectivity index (χ2v) is 4.17. The van der Waals surface area contributed by atoms with Crippen LogP contribution in [-0.2, 0) is 4.79 Å². The zero-order valence-corrected chi connectivity index (χ0v) is 11.7. The molecule has 0 aliphatic heterocycles. The van der Waals surface area contributed by atoms with E-state index >= 15 is 0 Å². The molecule has 0 spiro atoms. The average molecular weight is 273 g/mol. The molecule has 1 aromatic rings. The topological polar surface area (TPSA) is 84.2 Å². The van der Waals surface area contributed by atoms with E-state index in [9.17, 15) is 9.59 Å². The Balaban J connectivity index is 2.79. The van der Waals surface area contributed by atoms with Crippen LogP contribution < -0.4 is 16.4 Å². The van der Waals surface area contributed by atoms with E-state index < -0.39 is 0 Å². The van der Waals surface area contributed by atoms with Gasteiger partial charge in [0.25, 0.3) is 5.91 Å². The molecule has 0 unspecified atom stereocenters.